The highest BCUT2D eigenvalue weighted by molar-refractivity contribution is 5.78. The molecule has 1 aliphatic carbocycles. The lowest BCUT2D eigenvalue weighted by atomic mass is 10.1. The third kappa shape index (κ3) is 3.82. The third-order valence-electron chi connectivity index (χ3n) is 5.56. The first-order valence-electron chi connectivity index (χ1n) is 9.95. The first-order chi connectivity index (χ1) is 13.1. The van der Waals surface area contributed by atoms with E-state index >= 15 is 0 Å². The molecule has 3 heterocycles. The highest BCUT2D eigenvalue weighted by Gasteiger charge is 2.25. The van der Waals surface area contributed by atoms with Crippen LogP contribution >= 0.6 is 0 Å². The molecule has 0 N–H and O–H groups in total. The van der Waals surface area contributed by atoms with Crippen LogP contribution in [0.15, 0.2) is 22.9 Å². The van der Waals surface area contributed by atoms with Crippen LogP contribution < -0.4 is 4.90 Å². The van der Waals surface area contributed by atoms with Gasteiger partial charge in [-0.25, -0.2) is 4.98 Å². The number of pyridine rings is 1. The Morgan fingerprint density at radius 3 is 2.52 bits per heavy atom. The molecule has 0 unspecified atom stereocenters. The zero-order valence-corrected chi connectivity index (χ0v) is 16.1. The number of rotatable bonds is 4. The second-order valence-electron chi connectivity index (χ2n) is 7.81. The van der Waals surface area contributed by atoms with Gasteiger partial charge in [-0.3, -0.25) is 4.79 Å². The summed E-state index contributed by atoms with van der Waals surface area (Å²) >= 11 is 0. The summed E-state index contributed by atoms with van der Waals surface area (Å²) in [5.41, 5.74) is 0.875. The number of hydrogen-bond donors (Lipinski definition) is 0. The number of piperazine rings is 1. The highest BCUT2D eigenvalue weighted by atomic mass is 16.5. The molecule has 2 aliphatic rings. The molecule has 1 saturated heterocycles. The lowest BCUT2D eigenvalue weighted by Gasteiger charge is -2.36. The van der Waals surface area contributed by atoms with E-state index in [9.17, 15) is 4.79 Å². The second-order valence-corrected chi connectivity index (χ2v) is 7.81. The van der Waals surface area contributed by atoms with Crippen LogP contribution in [0.25, 0.3) is 11.4 Å². The van der Waals surface area contributed by atoms with E-state index < -0.39 is 0 Å². The van der Waals surface area contributed by atoms with Crippen molar-refractivity contribution in [1.29, 1.82) is 0 Å². The number of anilines is 1. The van der Waals surface area contributed by atoms with Gasteiger partial charge in [-0.2, -0.15) is 4.98 Å². The first kappa shape index (κ1) is 17.9. The SMILES string of the molecule is CC(C)C(=O)N1CCN(c2ccc(-c3noc(C4CCCC4)n3)cn2)CC1. The van der Waals surface area contributed by atoms with Crippen LogP contribution in [-0.4, -0.2) is 52.1 Å². The molecule has 144 valence electrons. The molecule has 2 fully saturated rings. The molecule has 4 rings (SSSR count). The fraction of sp³-hybridized carbons (Fsp3) is 0.600. The summed E-state index contributed by atoms with van der Waals surface area (Å²) in [6, 6.07) is 4.00. The predicted molar refractivity (Wildman–Crippen MR) is 102 cm³/mol. The van der Waals surface area contributed by atoms with Gasteiger partial charge in [0.2, 0.25) is 17.6 Å². The van der Waals surface area contributed by atoms with Gasteiger partial charge in [-0.05, 0) is 25.0 Å². The van der Waals surface area contributed by atoms with Crippen LogP contribution in [0.1, 0.15) is 51.3 Å². The van der Waals surface area contributed by atoms with E-state index in [1.54, 1.807) is 0 Å². The van der Waals surface area contributed by atoms with Crippen molar-refractivity contribution in [2.24, 2.45) is 5.92 Å². The van der Waals surface area contributed by atoms with Gasteiger partial charge in [0, 0.05) is 49.8 Å². The Morgan fingerprint density at radius 2 is 1.89 bits per heavy atom. The van der Waals surface area contributed by atoms with Crippen LogP contribution in [0.3, 0.4) is 0 Å². The van der Waals surface area contributed by atoms with Crippen molar-refractivity contribution in [3.05, 3.63) is 24.2 Å². The highest BCUT2D eigenvalue weighted by Crippen LogP contribution is 2.33. The average Bonchev–Trinajstić information content (AvgIpc) is 3.39. The first-order valence-corrected chi connectivity index (χ1v) is 9.95. The summed E-state index contributed by atoms with van der Waals surface area (Å²) in [5, 5.41) is 4.14. The molecule has 7 heteroatoms. The summed E-state index contributed by atoms with van der Waals surface area (Å²) in [6.07, 6.45) is 6.59. The minimum Gasteiger partial charge on any atom is -0.353 e. The fourth-order valence-corrected chi connectivity index (χ4v) is 3.92. The molecule has 2 aromatic heterocycles. The van der Waals surface area contributed by atoms with Gasteiger partial charge < -0.3 is 14.3 Å². The number of carbonyl (C=O) groups is 1. The molecule has 2 aromatic rings. The number of hydrogen-bond acceptors (Lipinski definition) is 6. The molecule has 27 heavy (non-hydrogen) atoms. The fourth-order valence-electron chi connectivity index (χ4n) is 3.92. The standard InChI is InChI=1S/C20H27N5O2/c1-14(2)20(26)25-11-9-24(10-12-25)17-8-7-16(13-21-17)18-22-19(27-23-18)15-5-3-4-6-15/h7-8,13-15H,3-6,9-12H2,1-2H3. The number of carbonyl (C=O) groups excluding carboxylic acids is 1. The zero-order valence-electron chi connectivity index (χ0n) is 16.1. The van der Waals surface area contributed by atoms with Crippen LogP contribution in [-0.2, 0) is 4.79 Å². The van der Waals surface area contributed by atoms with Crippen molar-refractivity contribution in [1.82, 2.24) is 20.0 Å². The third-order valence-corrected chi connectivity index (χ3v) is 5.56. The number of amides is 1. The Labute approximate surface area is 159 Å². The summed E-state index contributed by atoms with van der Waals surface area (Å²) in [7, 11) is 0. The van der Waals surface area contributed by atoms with E-state index in [0.717, 1.165) is 56.3 Å². The zero-order chi connectivity index (χ0) is 18.8. The van der Waals surface area contributed by atoms with Gasteiger partial charge in [-0.1, -0.05) is 31.8 Å². The minimum atomic E-state index is 0.0537. The molecule has 0 radical (unpaired) electrons. The van der Waals surface area contributed by atoms with E-state index in [0.29, 0.717) is 11.7 Å². The quantitative estimate of drug-likeness (QED) is 0.824. The van der Waals surface area contributed by atoms with E-state index in [4.69, 9.17) is 4.52 Å². The Bertz CT molecular complexity index is 772. The van der Waals surface area contributed by atoms with E-state index in [1.165, 1.54) is 12.8 Å². The van der Waals surface area contributed by atoms with Crippen molar-refractivity contribution in [3.8, 4) is 11.4 Å². The van der Waals surface area contributed by atoms with Crippen LogP contribution in [0.5, 0.6) is 0 Å². The predicted octanol–water partition coefficient (Wildman–Crippen LogP) is 3.09. The van der Waals surface area contributed by atoms with Gasteiger partial charge in [0.05, 0.1) is 0 Å². The summed E-state index contributed by atoms with van der Waals surface area (Å²) in [6.45, 7) is 7.00. The van der Waals surface area contributed by atoms with Gasteiger partial charge in [0.1, 0.15) is 5.82 Å². The van der Waals surface area contributed by atoms with Crippen LogP contribution in [0.4, 0.5) is 5.82 Å². The van der Waals surface area contributed by atoms with Crippen molar-refractivity contribution < 1.29 is 9.32 Å². The van der Waals surface area contributed by atoms with Crippen LogP contribution in [0, 0.1) is 5.92 Å². The maximum atomic E-state index is 12.1. The lowest BCUT2D eigenvalue weighted by molar-refractivity contribution is -0.134. The molecular formula is C20H27N5O2. The molecule has 7 nitrogen and oxygen atoms in total. The van der Waals surface area contributed by atoms with Crippen molar-refractivity contribution >= 4 is 11.7 Å². The number of aromatic nitrogens is 3. The monoisotopic (exact) mass is 369 g/mol. The van der Waals surface area contributed by atoms with E-state index in [-0.39, 0.29) is 11.8 Å². The second kappa shape index (κ2) is 7.66. The van der Waals surface area contributed by atoms with E-state index in [2.05, 4.69) is 20.0 Å². The van der Waals surface area contributed by atoms with Crippen molar-refractivity contribution in [2.75, 3.05) is 31.1 Å². The van der Waals surface area contributed by atoms with Gasteiger partial charge in [0.25, 0.3) is 0 Å². The minimum absolute atomic E-state index is 0.0537. The molecule has 1 saturated carbocycles. The Hall–Kier alpha value is -2.44. The molecule has 0 atom stereocenters. The Morgan fingerprint density at radius 1 is 1.15 bits per heavy atom. The Kier molecular flexibility index (Phi) is 5.09. The normalized spacial score (nSPS) is 18.5. The molecule has 1 amide bonds. The van der Waals surface area contributed by atoms with Crippen LogP contribution in [0.2, 0.25) is 0 Å². The summed E-state index contributed by atoms with van der Waals surface area (Å²) in [5.74, 6) is 3.00. The maximum Gasteiger partial charge on any atom is 0.230 e. The molecule has 0 bridgehead atoms. The molecule has 1 aliphatic heterocycles. The smallest absolute Gasteiger partial charge is 0.230 e. The largest absolute Gasteiger partial charge is 0.353 e. The summed E-state index contributed by atoms with van der Waals surface area (Å²) in [4.78, 5) is 25.4. The Balaban J connectivity index is 1.39. The van der Waals surface area contributed by atoms with Gasteiger partial charge >= 0.3 is 0 Å². The summed E-state index contributed by atoms with van der Waals surface area (Å²) < 4.78 is 5.47. The van der Waals surface area contributed by atoms with Crippen molar-refractivity contribution in [2.45, 2.75) is 45.4 Å². The maximum absolute atomic E-state index is 12.1. The molecular weight excluding hydrogens is 342 g/mol. The lowest BCUT2D eigenvalue weighted by Crippen LogP contribution is -2.50. The topological polar surface area (TPSA) is 75.4 Å². The van der Waals surface area contributed by atoms with E-state index in [1.807, 2.05) is 37.1 Å². The van der Waals surface area contributed by atoms with Crippen molar-refractivity contribution in [3.63, 3.8) is 0 Å². The van der Waals surface area contributed by atoms with Gasteiger partial charge in [-0.15, -0.1) is 0 Å². The molecule has 0 spiro atoms. The average molecular weight is 369 g/mol. The molecule has 0 aromatic carbocycles. The van der Waals surface area contributed by atoms with Gasteiger partial charge in [0.15, 0.2) is 0 Å². The number of nitrogens with zero attached hydrogens (tertiary/aromatic N) is 5.